The maximum absolute atomic E-state index is 12.4. The number of nitrogens with one attached hydrogen (secondary N) is 2. The van der Waals surface area contributed by atoms with E-state index in [0.29, 0.717) is 12.0 Å². The summed E-state index contributed by atoms with van der Waals surface area (Å²) in [5.74, 6) is 0.563. The zero-order valence-electron chi connectivity index (χ0n) is 17.2. The molecule has 2 N–H and O–H groups in total. The van der Waals surface area contributed by atoms with Crippen molar-refractivity contribution in [2.24, 2.45) is 0 Å². The van der Waals surface area contributed by atoms with Crippen molar-refractivity contribution in [3.63, 3.8) is 0 Å². The van der Waals surface area contributed by atoms with Crippen molar-refractivity contribution in [1.29, 1.82) is 0 Å². The molecule has 0 saturated heterocycles. The van der Waals surface area contributed by atoms with Gasteiger partial charge < -0.3 is 10.3 Å². The molecule has 0 aliphatic rings. The quantitative estimate of drug-likeness (QED) is 0.537. The van der Waals surface area contributed by atoms with Gasteiger partial charge in [-0.05, 0) is 43.0 Å². The van der Waals surface area contributed by atoms with Gasteiger partial charge in [-0.1, -0.05) is 49.4 Å². The predicted octanol–water partition coefficient (Wildman–Crippen LogP) is 4.92. The molecule has 1 unspecified atom stereocenters. The topological polar surface area (TPSA) is 74.8 Å². The van der Waals surface area contributed by atoms with Crippen LogP contribution in [-0.4, -0.2) is 21.7 Å². The molecule has 0 spiro atoms. The highest BCUT2D eigenvalue weighted by Gasteiger charge is 2.17. The van der Waals surface area contributed by atoms with Crippen LogP contribution in [0.2, 0.25) is 0 Å². The number of rotatable bonds is 8. The molecule has 0 aliphatic carbocycles. The average molecular weight is 389 g/mol. The SMILES string of the molecule is CCC(NC(=O)CCC(=O)c1ccc(C)c(C)c1)c1ncc(-c2ccccc2)[nH]1. The summed E-state index contributed by atoms with van der Waals surface area (Å²) in [6, 6.07) is 15.4. The van der Waals surface area contributed by atoms with Crippen molar-refractivity contribution in [2.75, 3.05) is 0 Å². The molecule has 5 heteroatoms. The Hall–Kier alpha value is -3.21. The number of benzene rings is 2. The molecule has 0 aliphatic heterocycles. The number of nitrogens with zero attached hydrogens (tertiary/aromatic N) is 1. The van der Waals surface area contributed by atoms with E-state index in [9.17, 15) is 9.59 Å². The van der Waals surface area contributed by atoms with Gasteiger partial charge in [-0.2, -0.15) is 0 Å². The number of aromatic nitrogens is 2. The van der Waals surface area contributed by atoms with Crippen LogP contribution in [0.1, 0.15) is 59.5 Å². The maximum Gasteiger partial charge on any atom is 0.221 e. The minimum absolute atomic E-state index is 0.0133. The first-order valence-electron chi connectivity index (χ1n) is 9.98. The zero-order valence-corrected chi connectivity index (χ0v) is 17.2. The second-order valence-electron chi connectivity index (χ2n) is 7.30. The molecule has 0 radical (unpaired) electrons. The summed E-state index contributed by atoms with van der Waals surface area (Å²) >= 11 is 0. The fourth-order valence-electron chi connectivity index (χ4n) is 3.19. The number of H-pyrrole nitrogens is 1. The van der Waals surface area contributed by atoms with E-state index in [1.807, 2.05) is 69.3 Å². The normalized spacial score (nSPS) is 11.8. The Kier molecular flexibility index (Phi) is 6.60. The highest BCUT2D eigenvalue weighted by atomic mass is 16.2. The Morgan fingerprint density at radius 1 is 1.03 bits per heavy atom. The van der Waals surface area contributed by atoms with E-state index >= 15 is 0 Å². The number of ketones is 1. The van der Waals surface area contributed by atoms with Gasteiger partial charge in [0.05, 0.1) is 17.9 Å². The number of carbonyl (C=O) groups excluding carboxylic acids is 2. The Labute approximate surface area is 171 Å². The van der Waals surface area contributed by atoms with Gasteiger partial charge in [0, 0.05) is 18.4 Å². The van der Waals surface area contributed by atoms with E-state index in [1.54, 1.807) is 6.20 Å². The van der Waals surface area contributed by atoms with E-state index in [1.165, 1.54) is 0 Å². The second-order valence-corrected chi connectivity index (χ2v) is 7.30. The molecule has 5 nitrogen and oxygen atoms in total. The Morgan fingerprint density at radius 2 is 1.79 bits per heavy atom. The number of hydrogen-bond donors (Lipinski definition) is 2. The van der Waals surface area contributed by atoms with Crippen LogP contribution in [0, 0.1) is 13.8 Å². The Morgan fingerprint density at radius 3 is 2.48 bits per heavy atom. The lowest BCUT2D eigenvalue weighted by Gasteiger charge is -2.14. The van der Waals surface area contributed by atoms with Crippen LogP contribution >= 0.6 is 0 Å². The molecular weight excluding hydrogens is 362 g/mol. The van der Waals surface area contributed by atoms with Crippen molar-refractivity contribution < 1.29 is 9.59 Å². The molecule has 1 aromatic heterocycles. The highest BCUT2D eigenvalue weighted by molar-refractivity contribution is 5.98. The van der Waals surface area contributed by atoms with Gasteiger partial charge in [-0.15, -0.1) is 0 Å². The summed E-state index contributed by atoms with van der Waals surface area (Å²) in [6.45, 7) is 5.99. The van der Waals surface area contributed by atoms with Crippen molar-refractivity contribution >= 4 is 11.7 Å². The summed E-state index contributed by atoms with van der Waals surface area (Å²) in [4.78, 5) is 32.5. The van der Waals surface area contributed by atoms with Gasteiger partial charge in [0.25, 0.3) is 0 Å². The van der Waals surface area contributed by atoms with Gasteiger partial charge >= 0.3 is 0 Å². The van der Waals surface area contributed by atoms with E-state index in [4.69, 9.17) is 0 Å². The molecule has 29 heavy (non-hydrogen) atoms. The summed E-state index contributed by atoms with van der Waals surface area (Å²) in [7, 11) is 0. The zero-order chi connectivity index (χ0) is 20.8. The molecule has 3 aromatic rings. The van der Waals surface area contributed by atoms with Crippen molar-refractivity contribution in [3.8, 4) is 11.3 Å². The number of aryl methyl sites for hydroxylation is 2. The number of Topliss-reactive ketones (excluding diaryl/α,β-unsaturated/α-hetero) is 1. The lowest BCUT2D eigenvalue weighted by molar-refractivity contribution is -0.121. The first kappa shape index (κ1) is 20.5. The predicted molar refractivity (Wildman–Crippen MR) is 115 cm³/mol. The first-order valence-corrected chi connectivity index (χ1v) is 9.98. The van der Waals surface area contributed by atoms with E-state index in [-0.39, 0.29) is 30.6 Å². The smallest absolute Gasteiger partial charge is 0.221 e. The van der Waals surface area contributed by atoms with Crippen LogP contribution in [0.4, 0.5) is 0 Å². The van der Waals surface area contributed by atoms with Gasteiger partial charge in [-0.3, -0.25) is 9.59 Å². The fraction of sp³-hybridized carbons (Fsp3) is 0.292. The molecule has 0 bridgehead atoms. The molecule has 1 heterocycles. The molecule has 0 fully saturated rings. The van der Waals surface area contributed by atoms with Crippen LogP contribution in [0.15, 0.2) is 54.7 Å². The largest absolute Gasteiger partial charge is 0.346 e. The Bertz CT molecular complexity index is 992. The molecule has 1 amide bonds. The highest BCUT2D eigenvalue weighted by Crippen LogP contribution is 2.20. The number of amides is 1. The van der Waals surface area contributed by atoms with Gasteiger partial charge in [0.1, 0.15) is 5.82 Å². The van der Waals surface area contributed by atoms with Gasteiger partial charge in [0.15, 0.2) is 5.78 Å². The molecule has 1 atom stereocenters. The number of hydrogen-bond acceptors (Lipinski definition) is 3. The number of carbonyl (C=O) groups is 2. The first-order chi connectivity index (χ1) is 14.0. The average Bonchev–Trinajstić information content (AvgIpc) is 3.23. The van der Waals surface area contributed by atoms with Crippen LogP contribution < -0.4 is 5.32 Å². The van der Waals surface area contributed by atoms with Crippen LogP contribution in [0.25, 0.3) is 11.3 Å². The number of aromatic amines is 1. The van der Waals surface area contributed by atoms with E-state index in [2.05, 4.69) is 15.3 Å². The maximum atomic E-state index is 12.4. The van der Waals surface area contributed by atoms with Gasteiger partial charge in [-0.25, -0.2) is 4.98 Å². The molecule has 150 valence electrons. The van der Waals surface area contributed by atoms with E-state index in [0.717, 1.165) is 28.2 Å². The minimum atomic E-state index is -0.211. The minimum Gasteiger partial charge on any atom is -0.346 e. The summed E-state index contributed by atoms with van der Waals surface area (Å²) < 4.78 is 0. The third kappa shape index (κ3) is 5.19. The van der Waals surface area contributed by atoms with Crippen molar-refractivity contribution in [1.82, 2.24) is 15.3 Å². The third-order valence-corrected chi connectivity index (χ3v) is 5.16. The summed E-state index contributed by atoms with van der Waals surface area (Å²) in [6.07, 6.45) is 2.84. The molecule has 3 rings (SSSR count). The van der Waals surface area contributed by atoms with E-state index < -0.39 is 0 Å². The molecular formula is C24H27N3O2. The van der Waals surface area contributed by atoms with Gasteiger partial charge in [0.2, 0.25) is 5.91 Å². The molecule has 0 saturated carbocycles. The van der Waals surface area contributed by atoms with Crippen LogP contribution in [0.3, 0.4) is 0 Å². The van der Waals surface area contributed by atoms with Crippen LogP contribution in [-0.2, 0) is 4.79 Å². The standard InChI is InChI=1S/C24H27N3O2/c1-4-20(24-25-15-21(27-24)18-8-6-5-7-9-18)26-23(29)13-12-22(28)19-11-10-16(2)17(3)14-19/h5-11,14-15,20H,4,12-13H2,1-3H3,(H,25,27)(H,26,29). The monoisotopic (exact) mass is 389 g/mol. The fourth-order valence-corrected chi connectivity index (χ4v) is 3.19. The molecule has 2 aromatic carbocycles. The second kappa shape index (κ2) is 9.32. The lowest BCUT2D eigenvalue weighted by Crippen LogP contribution is -2.29. The van der Waals surface area contributed by atoms with Crippen LogP contribution in [0.5, 0.6) is 0 Å². The Balaban J connectivity index is 1.58. The summed E-state index contributed by atoms with van der Waals surface area (Å²) in [5.41, 5.74) is 4.85. The van der Waals surface area contributed by atoms with Crippen molar-refractivity contribution in [2.45, 2.75) is 46.1 Å². The number of imidazole rings is 1. The summed E-state index contributed by atoms with van der Waals surface area (Å²) in [5, 5.41) is 2.99. The lowest BCUT2D eigenvalue weighted by atomic mass is 10.0. The van der Waals surface area contributed by atoms with Crippen molar-refractivity contribution in [3.05, 3.63) is 77.2 Å². The third-order valence-electron chi connectivity index (χ3n) is 5.16.